The highest BCUT2D eigenvalue weighted by Gasteiger charge is 2.25. The first-order chi connectivity index (χ1) is 11.6. The van der Waals surface area contributed by atoms with Crippen LogP contribution in [0, 0.1) is 12.7 Å². The van der Waals surface area contributed by atoms with E-state index in [2.05, 4.69) is 48.7 Å². The second kappa shape index (κ2) is 5.75. The molecule has 124 valence electrons. The minimum Gasteiger partial charge on any atom is -0.345 e. The smallest absolute Gasteiger partial charge is 0.131 e. The summed E-state index contributed by atoms with van der Waals surface area (Å²) in [5, 5.41) is 1.17. The molecule has 4 rings (SSSR count). The van der Waals surface area contributed by atoms with Crippen LogP contribution in [0.25, 0.3) is 22.0 Å². The van der Waals surface area contributed by atoms with Crippen LogP contribution in [0.3, 0.4) is 0 Å². The fourth-order valence-electron chi connectivity index (χ4n) is 3.98. The molecule has 0 saturated heterocycles. The Bertz CT molecular complexity index is 910. The fourth-order valence-corrected chi connectivity index (χ4v) is 3.98. The van der Waals surface area contributed by atoms with E-state index in [4.69, 9.17) is 0 Å². The third-order valence-electron chi connectivity index (χ3n) is 5.34. The Hall–Kier alpha value is -2.13. The van der Waals surface area contributed by atoms with Gasteiger partial charge in [0.2, 0.25) is 0 Å². The molecular formula is C21H23FN2. The van der Waals surface area contributed by atoms with Crippen molar-refractivity contribution >= 4 is 10.9 Å². The van der Waals surface area contributed by atoms with Gasteiger partial charge in [0.1, 0.15) is 5.82 Å². The van der Waals surface area contributed by atoms with Crippen molar-refractivity contribution in [1.82, 2.24) is 9.47 Å². The number of aromatic nitrogens is 1. The molecule has 0 bridgehead atoms. The maximum Gasteiger partial charge on any atom is 0.131 e. The van der Waals surface area contributed by atoms with E-state index in [1.807, 2.05) is 12.1 Å². The summed E-state index contributed by atoms with van der Waals surface area (Å²) in [5.41, 5.74) is 5.60. The SMILES string of the molecule is CCN(C)C1Cc2cc(C)cc3c(-c4ccccc4F)cn(c23)C1. The highest BCUT2D eigenvalue weighted by molar-refractivity contribution is 5.98. The molecule has 0 aliphatic carbocycles. The lowest BCUT2D eigenvalue weighted by Crippen LogP contribution is -2.39. The Balaban J connectivity index is 1.94. The average Bonchev–Trinajstić information content (AvgIpc) is 2.93. The van der Waals surface area contributed by atoms with Gasteiger partial charge >= 0.3 is 0 Å². The Kier molecular flexibility index (Phi) is 3.69. The van der Waals surface area contributed by atoms with Crippen molar-refractivity contribution < 1.29 is 4.39 Å². The monoisotopic (exact) mass is 322 g/mol. The van der Waals surface area contributed by atoms with Crippen LogP contribution in [0.4, 0.5) is 4.39 Å². The molecule has 3 aromatic rings. The molecule has 0 spiro atoms. The van der Waals surface area contributed by atoms with Crippen molar-refractivity contribution in [2.45, 2.75) is 32.9 Å². The normalized spacial score (nSPS) is 17.0. The maximum absolute atomic E-state index is 14.4. The lowest BCUT2D eigenvalue weighted by molar-refractivity contribution is 0.225. The first kappa shape index (κ1) is 15.4. The number of hydrogen-bond acceptors (Lipinski definition) is 1. The van der Waals surface area contributed by atoms with Gasteiger partial charge in [-0.15, -0.1) is 0 Å². The predicted molar refractivity (Wildman–Crippen MR) is 97.9 cm³/mol. The van der Waals surface area contributed by atoms with E-state index >= 15 is 0 Å². The highest BCUT2D eigenvalue weighted by Crippen LogP contribution is 2.37. The number of hydrogen-bond donors (Lipinski definition) is 0. The average molecular weight is 322 g/mol. The van der Waals surface area contributed by atoms with E-state index in [-0.39, 0.29) is 5.82 Å². The minimum atomic E-state index is -0.152. The van der Waals surface area contributed by atoms with Gasteiger partial charge in [-0.1, -0.05) is 36.8 Å². The van der Waals surface area contributed by atoms with Crippen LogP contribution in [0.15, 0.2) is 42.6 Å². The molecule has 0 saturated carbocycles. The summed E-state index contributed by atoms with van der Waals surface area (Å²) in [5.74, 6) is -0.152. The second-order valence-electron chi connectivity index (χ2n) is 6.93. The standard InChI is InChI=1S/C21H23FN2/c1-4-23(3)16-11-15-9-14(2)10-18-19(13-24(12-16)21(15)18)17-7-5-6-8-20(17)22/h5-10,13,16H,4,11-12H2,1-3H3. The molecule has 0 N–H and O–H groups in total. The van der Waals surface area contributed by atoms with E-state index in [9.17, 15) is 4.39 Å². The quantitative estimate of drug-likeness (QED) is 0.682. The summed E-state index contributed by atoms with van der Waals surface area (Å²) in [6, 6.07) is 12.1. The first-order valence-corrected chi connectivity index (χ1v) is 8.66. The van der Waals surface area contributed by atoms with Gasteiger partial charge in [-0.05, 0) is 44.6 Å². The summed E-state index contributed by atoms with van der Waals surface area (Å²) in [6.45, 7) is 6.33. The van der Waals surface area contributed by atoms with Crippen molar-refractivity contribution in [3.63, 3.8) is 0 Å². The van der Waals surface area contributed by atoms with Crippen LogP contribution in [-0.4, -0.2) is 29.1 Å². The molecule has 1 atom stereocenters. The molecule has 2 aromatic carbocycles. The zero-order chi connectivity index (χ0) is 16.8. The van der Waals surface area contributed by atoms with Gasteiger partial charge in [0.25, 0.3) is 0 Å². The number of rotatable bonds is 3. The van der Waals surface area contributed by atoms with Crippen LogP contribution >= 0.6 is 0 Å². The van der Waals surface area contributed by atoms with E-state index in [0.29, 0.717) is 11.6 Å². The summed E-state index contributed by atoms with van der Waals surface area (Å²) < 4.78 is 16.7. The Morgan fingerprint density at radius 2 is 2.00 bits per heavy atom. The molecule has 1 unspecified atom stereocenters. The Morgan fingerprint density at radius 1 is 1.21 bits per heavy atom. The molecule has 0 radical (unpaired) electrons. The van der Waals surface area contributed by atoms with E-state index in [0.717, 1.165) is 25.1 Å². The molecule has 2 nitrogen and oxygen atoms in total. The largest absolute Gasteiger partial charge is 0.345 e. The van der Waals surface area contributed by atoms with Gasteiger partial charge in [-0.3, -0.25) is 0 Å². The van der Waals surface area contributed by atoms with Gasteiger partial charge in [0.05, 0.1) is 5.52 Å². The Morgan fingerprint density at radius 3 is 2.75 bits per heavy atom. The molecule has 0 amide bonds. The van der Waals surface area contributed by atoms with Gasteiger partial charge in [-0.25, -0.2) is 4.39 Å². The van der Waals surface area contributed by atoms with Crippen LogP contribution in [-0.2, 0) is 13.0 Å². The van der Waals surface area contributed by atoms with Crippen molar-refractivity contribution in [2.24, 2.45) is 0 Å². The number of aryl methyl sites for hydroxylation is 1. The zero-order valence-corrected chi connectivity index (χ0v) is 14.5. The molecule has 1 aromatic heterocycles. The maximum atomic E-state index is 14.4. The zero-order valence-electron chi connectivity index (χ0n) is 14.5. The van der Waals surface area contributed by atoms with Gasteiger partial charge in [0, 0.05) is 35.3 Å². The van der Waals surface area contributed by atoms with Crippen LogP contribution in [0.2, 0.25) is 0 Å². The summed E-state index contributed by atoms with van der Waals surface area (Å²) >= 11 is 0. The van der Waals surface area contributed by atoms with Crippen LogP contribution in [0.1, 0.15) is 18.1 Å². The lowest BCUT2D eigenvalue weighted by atomic mass is 9.95. The van der Waals surface area contributed by atoms with Crippen molar-refractivity contribution in [3.8, 4) is 11.1 Å². The topological polar surface area (TPSA) is 8.17 Å². The van der Waals surface area contributed by atoms with E-state index < -0.39 is 0 Å². The second-order valence-corrected chi connectivity index (χ2v) is 6.93. The first-order valence-electron chi connectivity index (χ1n) is 8.66. The van der Waals surface area contributed by atoms with Crippen LogP contribution in [0.5, 0.6) is 0 Å². The summed E-state index contributed by atoms with van der Waals surface area (Å²) in [7, 11) is 2.18. The molecule has 2 heterocycles. The van der Waals surface area contributed by atoms with Gasteiger partial charge in [0.15, 0.2) is 0 Å². The molecule has 3 heteroatoms. The van der Waals surface area contributed by atoms with Crippen molar-refractivity contribution in [1.29, 1.82) is 0 Å². The third-order valence-corrected chi connectivity index (χ3v) is 5.34. The summed E-state index contributed by atoms with van der Waals surface area (Å²) in [4.78, 5) is 2.40. The van der Waals surface area contributed by atoms with Crippen molar-refractivity contribution in [2.75, 3.05) is 13.6 Å². The number of likely N-dealkylation sites (N-methyl/N-ethyl adjacent to an activating group) is 1. The number of nitrogens with zero attached hydrogens (tertiary/aromatic N) is 2. The predicted octanol–water partition coefficient (Wildman–Crippen LogP) is 4.63. The van der Waals surface area contributed by atoms with Crippen molar-refractivity contribution in [3.05, 3.63) is 59.5 Å². The molecular weight excluding hydrogens is 299 g/mol. The van der Waals surface area contributed by atoms with E-state index in [1.54, 1.807) is 12.1 Å². The lowest BCUT2D eigenvalue weighted by Gasteiger charge is -2.32. The molecule has 0 fully saturated rings. The molecule has 24 heavy (non-hydrogen) atoms. The van der Waals surface area contributed by atoms with Gasteiger partial charge in [-0.2, -0.15) is 0 Å². The minimum absolute atomic E-state index is 0.152. The molecule has 1 aliphatic heterocycles. The van der Waals surface area contributed by atoms with Crippen LogP contribution < -0.4 is 0 Å². The number of halogens is 1. The highest BCUT2D eigenvalue weighted by atomic mass is 19.1. The van der Waals surface area contributed by atoms with E-state index in [1.165, 1.54) is 22.0 Å². The Labute approximate surface area is 142 Å². The fraction of sp³-hybridized carbons (Fsp3) is 0.333. The van der Waals surface area contributed by atoms with Gasteiger partial charge < -0.3 is 9.47 Å². The number of benzene rings is 2. The molecule has 1 aliphatic rings. The third kappa shape index (κ3) is 2.35. The summed E-state index contributed by atoms with van der Waals surface area (Å²) in [6.07, 6.45) is 3.20.